The molecule has 0 aromatic carbocycles. The molecule has 0 unspecified atom stereocenters. The van der Waals surface area contributed by atoms with E-state index in [0.717, 1.165) is 0 Å². The Labute approximate surface area is 137 Å². The number of imidazole rings is 1. The van der Waals surface area contributed by atoms with E-state index < -0.39 is 29.5 Å². The third-order valence-electron chi connectivity index (χ3n) is 3.92. The summed E-state index contributed by atoms with van der Waals surface area (Å²) in [5, 5.41) is 32.0. The lowest BCUT2D eigenvalue weighted by Gasteiger charge is -2.26. The molecule has 24 heavy (non-hydrogen) atoms. The minimum absolute atomic E-state index is 0.0756. The van der Waals surface area contributed by atoms with E-state index in [4.69, 9.17) is 4.74 Å². The van der Waals surface area contributed by atoms with Crippen molar-refractivity contribution in [3.63, 3.8) is 0 Å². The summed E-state index contributed by atoms with van der Waals surface area (Å²) in [5.41, 5.74) is -1.05. The topological polar surface area (TPSA) is 136 Å². The molecule has 3 heterocycles. The number of hydrogen-bond acceptors (Lipinski definition) is 7. The number of rotatable bonds is 3. The molecule has 3 rings (SSSR count). The van der Waals surface area contributed by atoms with Gasteiger partial charge in [-0.1, -0.05) is 5.21 Å². The van der Waals surface area contributed by atoms with Crippen LogP contribution in [-0.2, 0) is 9.94 Å². The van der Waals surface area contributed by atoms with Gasteiger partial charge in [0.2, 0.25) is 5.95 Å². The number of hydroxylamine groups is 1. The van der Waals surface area contributed by atoms with Crippen LogP contribution in [0.5, 0.6) is 0 Å². The largest absolute Gasteiger partial charge is 0.394 e. The lowest BCUT2D eigenvalue weighted by Crippen LogP contribution is -2.39. The molecule has 10 nitrogen and oxygen atoms in total. The van der Waals surface area contributed by atoms with Gasteiger partial charge in [0.15, 0.2) is 11.2 Å². The minimum Gasteiger partial charge on any atom is -0.394 e. The summed E-state index contributed by atoms with van der Waals surface area (Å²) in [6, 6.07) is 0. The van der Waals surface area contributed by atoms with Crippen molar-refractivity contribution in [1.82, 2.24) is 19.5 Å². The number of aromatic nitrogens is 4. The van der Waals surface area contributed by atoms with Crippen LogP contribution in [0.2, 0.25) is 0 Å². The fraction of sp³-hybridized carbons (Fsp3) is 0.643. The van der Waals surface area contributed by atoms with Crippen LogP contribution < -0.4 is 10.6 Å². The summed E-state index contributed by atoms with van der Waals surface area (Å²) >= 11 is 0. The molecule has 2 aromatic rings. The quantitative estimate of drug-likeness (QED) is 0.654. The van der Waals surface area contributed by atoms with E-state index in [9.17, 15) is 20.2 Å². The number of anilines is 1. The molecule has 2 aromatic heterocycles. The molecule has 1 saturated heterocycles. The Morgan fingerprint density at radius 1 is 1.50 bits per heavy atom. The Kier molecular flexibility index (Phi) is 4.08. The second-order valence-corrected chi connectivity index (χ2v) is 6.79. The van der Waals surface area contributed by atoms with Crippen LogP contribution in [0.25, 0.3) is 11.2 Å². The third kappa shape index (κ3) is 2.77. The Hall–Kier alpha value is -2.01. The maximum atomic E-state index is 12.3. The van der Waals surface area contributed by atoms with Gasteiger partial charge in [0.1, 0.15) is 12.3 Å². The van der Waals surface area contributed by atoms with E-state index in [1.165, 1.54) is 10.9 Å². The fourth-order valence-electron chi connectivity index (χ4n) is 2.59. The molecule has 1 aliphatic heterocycles. The molecule has 1 radical (unpaired) electrons. The molecule has 0 spiro atoms. The first-order chi connectivity index (χ1) is 11.2. The van der Waals surface area contributed by atoms with Crippen molar-refractivity contribution in [3.05, 3.63) is 16.7 Å². The molecule has 1 fully saturated rings. The van der Waals surface area contributed by atoms with Crippen molar-refractivity contribution in [2.24, 2.45) is 0 Å². The first-order valence-corrected chi connectivity index (χ1v) is 7.61. The maximum Gasteiger partial charge on any atom is 0.280 e. The smallest absolute Gasteiger partial charge is 0.280 e. The Balaban J connectivity index is 2.05. The highest BCUT2D eigenvalue weighted by molar-refractivity contribution is 5.71. The van der Waals surface area contributed by atoms with Crippen LogP contribution in [0.15, 0.2) is 11.1 Å². The van der Waals surface area contributed by atoms with E-state index >= 15 is 0 Å². The summed E-state index contributed by atoms with van der Waals surface area (Å²) in [4.78, 5) is 22.8. The Bertz CT molecular complexity index is 795. The second kappa shape index (κ2) is 5.81. The average Bonchev–Trinajstić information content (AvgIpc) is 3.08. The number of hydrogen-bond donors (Lipinski definition) is 3. The lowest BCUT2D eigenvalue weighted by molar-refractivity contribution is -0.0432. The second-order valence-electron chi connectivity index (χ2n) is 6.79. The van der Waals surface area contributed by atoms with Crippen molar-refractivity contribution in [3.8, 4) is 0 Å². The van der Waals surface area contributed by atoms with Crippen molar-refractivity contribution >= 4 is 17.1 Å². The lowest BCUT2D eigenvalue weighted by atomic mass is 10.1. The predicted molar refractivity (Wildman–Crippen MR) is 82.7 cm³/mol. The summed E-state index contributed by atoms with van der Waals surface area (Å²) < 4.78 is 7.05. The number of aromatic amines is 1. The van der Waals surface area contributed by atoms with Gasteiger partial charge in [-0.15, -0.1) is 0 Å². The van der Waals surface area contributed by atoms with Crippen LogP contribution in [0.1, 0.15) is 33.4 Å². The Morgan fingerprint density at radius 3 is 2.79 bits per heavy atom. The zero-order valence-corrected chi connectivity index (χ0v) is 13.6. The van der Waals surface area contributed by atoms with Crippen molar-refractivity contribution in [1.29, 1.82) is 0 Å². The van der Waals surface area contributed by atoms with Gasteiger partial charge in [-0.25, -0.2) is 4.98 Å². The number of nitrogens with zero attached hydrogens (tertiary/aromatic N) is 4. The van der Waals surface area contributed by atoms with Gasteiger partial charge in [-0.2, -0.15) is 10.0 Å². The summed E-state index contributed by atoms with van der Waals surface area (Å²) in [5.74, 6) is -0.126. The van der Waals surface area contributed by atoms with E-state index in [0.29, 0.717) is 5.06 Å². The van der Waals surface area contributed by atoms with Crippen molar-refractivity contribution < 1.29 is 20.2 Å². The van der Waals surface area contributed by atoms with E-state index in [2.05, 4.69) is 15.0 Å². The van der Waals surface area contributed by atoms with E-state index in [-0.39, 0.29) is 30.1 Å². The van der Waals surface area contributed by atoms with Crippen LogP contribution in [0, 0.1) is 0 Å². The van der Waals surface area contributed by atoms with Gasteiger partial charge in [0.25, 0.3) is 5.56 Å². The molecular weight excluding hydrogens is 318 g/mol. The molecule has 1 aliphatic rings. The van der Waals surface area contributed by atoms with Gasteiger partial charge in [-0.3, -0.25) is 14.3 Å². The predicted octanol–water partition coefficient (Wildman–Crippen LogP) is -0.289. The van der Waals surface area contributed by atoms with Gasteiger partial charge in [0.05, 0.1) is 24.6 Å². The highest BCUT2D eigenvalue weighted by Gasteiger charge is 2.35. The number of ether oxygens (including phenoxy) is 1. The highest BCUT2D eigenvalue weighted by Crippen LogP contribution is 2.30. The molecule has 0 saturated carbocycles. The fourth-order valence-corrected chi connectivity index (χ4v) is 2.59. The first kappa shape index (κ1) is 16.8. The van der Waals surface area contributed by atoms with Gasteiger partial charge < -0.3 is 14.9 Å². The zero-order chi connectivity index (χ0) is 17.6. The van der Waals surface area contributed by atoms with Crippen LogP contribution in [0.4, 0.5) is 5.95 Å². The molecule has 3 atom stereocenters. The van der Waals surface area contributed by atoms with Gasteiger partial charge in [0, 0.05) is 6.42 Å². The van der Waals surface area contributed by atoms with E-state index in [1.807, 2.05) is 0 Å². The monoisotopic (exact) mass is 338 g/mol. The average molecular weight is 338 g/mol. The van der Waals surface area contributed by atoms with Gasteiger partial charge >= 0.3 is 0 Å². The molecule has 10 heteroatoms. The minimum atomic E-state index is -0.829. The van der Waals surface area contributed by atoms with Crippen molar-refractivity contribution in [2.75, 3.05) is 11.7 Å². The standard InChI is InChI=1S/C14H20N5O5/c1-14(2,3)19(23)13-16-11-10(12(22)17-13)15-6-18(11)9-4-7(21)8(5-20)24-9/h6-9,20-21H,4-5H2,1-3H3,(H,16,17,22)/t7-,8+,9+/m0/s1. The van der Waals surface area contributed by atoms with Crippen LogP contribution >= 0.6 is 0 Å². The molecule has 3 N–H and O–H groups in total. The van der Waals surface area contributed by atoms with Crippen LogP contribution in [0.3, 0.4) is 0 Å². The van der Waals surface area contributed by atoms with Gasteiger partial charge in [-0.05, 0) is 20.8 Å². The first-order valence-electron chi connectivity index (χ1n) is 7.61. The SMILES string of the molecule is CC(C)(C)N([O])c1nc2c(ncn2[C@H]2C[C@H](O)[C@@H](CO)O2)c(=O)[nH]1. The number of nitrogens with one attached hydrogen (secondary N) is 1. The molecule has 0 bridgehead atoms. The molecule has 131 valence electrons. The Morgan fingerprint density at radius 2 is 2.21 bits per heavy atom. The maximum absolute atomic E-state index is 12.3. The number of aliphatic hydroxyl groups excluding tert-OH is 2. The summed E-state index contributed by atoms with van der Waals surface area (Å²) in [6.07, 6.45) is -0.566. The number of aliphatic hydroxyl groups is 2. The third-order valence-corrected chi connectivity index (χ3v) is 3.92. The molecular formula is C14H20N5O5. The molecule has 0 aliphatic carbocycles. The van der Waals surface area contributed by atoms with E-state index in [1.54, 1.807) is 20.8 Å². The molecule has 0 amide bonds. The zero-order valence-electron chi connectivity index (χ0n) is 13.6. The van der Waals surface area contributed by atoms with Crippen molar-refractivity contribution in [2.45, 2.75) is 51.2 Å². The summed E-state index contributed by atoms with van der Waals surface area (Å²) in [6.45, 7) is 4.78. The highest BCUT2D eigenvalue weighted by atomic mass is 16.5. The van der Waals surface area contributed by atoms with Crippen LogP contribution in [-0.4, -0.2) is 54.1 Å². The number of H-pyrrole nitrogens is 1. The normalized spacial score (nSPS) is 24.7. The number of fused-ring (bicyclic) bond motifs is 1. The summed E-state index contributed by atoms with van der Waals surface area (Å²) in [7, 11) is 0.